The number of methoxy groups -OCH3 is 1. The summed E-state index contributed by atoms with van der Waals surface area (Å²) in [5, 5.41) is 3.54. The Morgan fingerprint density at radius 3 is 2.76 bits per heavy atom. The number of ether oxygens (including phenoxy) is 1. The minimum Gasteiger partial charge on any atom is -0.382 e. The number of hydrogen-bond acceptors (Lipinski definition) is 3. The van der Waals surface area contributed by atoms with Gasteiger partial charge in [-0.2, -0.15) is 0 Å². The highest BCUT2D eigenvalue weighted by Gasteiger charge is 2.18. The van der Waals surface area contributed by atoms with Crippen molar-refractivity contribution < 1.29 is 8.95 Å². The average Bonchev–Trinajstić information content (AvgIpc) is 2.35. The molecular weight excluding hydrogens is 234 g/mol. The van der Waals surface area contributed by atoms with E-state index in [4.69, 9.17) is 4.74 Å². The van der Waals surface area contributed by atoms with Crippen molar-refractivity contribution in [1.82, 2.24) is 0 Å². The van der Waals surface area contributed by atoms with E-state index in [2.05, 4.69) is 17.4 Å². The van der Waals surface area contributed by atoms with E-state index >= 15 is 0 Å². The van der Waals surface area contributed by atoms with Gasteiger partial charge in [0.2, 0.25) is 0 Å². The summed E-state index contributed by atoms with van der Waals surface area (Å²) in [5.41, 5.74) is 2.33. The molecule has 1 aliphatic heterocycles. The van der Waals surface area contributed by atoms with Gasteiger partial charge in [-0.1, -0.05) is 18.2 Å². The van der Waals surface area contributed by atoms with Crippen molar-refractivity contribution in [3.05, 3.63) is 29.8 Å². The molecule has 0 bridgehead atoms. The molecule has 4 heteroatoms. The van der Waals surface area contributed by atoms with Crippen LogP contribution in [0.4, 0.5) is 5.69 Å². The fourth-order valence-corrected chi connectivity index (χ4v) is 3.40. The van der Waals surface area contributed by atoms with Crippen LogP contribution in [0.3, 0.4) is 0 Å². The third kappa shape index (κ3) is 3.54. The summed E-state index contributed by atoms with van der Waals surface area (Å²) >= 11 is 0. The number of hydrogen-bond donors (Lipinski definition) is 1. The lowest BCUT2D eigenvalue weighted by atomic mass is 10.1. The van der Waals surface area contributed by atoms with Crippen molar-refractivity contribution in [2.45, 2.75) is 25.5 Å². The molecule has 94 valence electrons. The van der Waals surface area contributed by atoms with Crippen LogP contribution in [-0.2, 0) is 22.1 Å². The SMILES string of the molecule is COCc1ccccc1NC1CCS(=O)CC1. The third-order valence-corrected chi connectivity index (χ3v) is 4.45. The summed E-state index contributed by atoms with van der Waals surface area (Å²) in [7, 11) is 1.12. The largest absolute Gasteiger partial charge is 0.382 e. The van der Waals surface area contributed by atoms with Crippen LogP contribution in [0.25, 0.3) is 0 Å². The fraction of sp³-hybridized carbons (Fsp3) is 0.538. The van der Waals surface area contributed by atoms with Crippen LogP contribution in [0.2, 0.25) is 0 Å². The fourth-order valence-electron chi connectivity index (χ4n) is 2.10. The lowest BCUT2D eigenvalue weighted by Gasteiger charge is -2.24. The Morgan fingerprint density at radius 1 is 1.35 bits per heavy atom. The molecule has 0 spiro atoms. The Balaban J connectivity index is 2.00. The van der Waals surface area contributed by atoms with Crippen LogP contribution >= 0.6 is 0 Å². The third-order valence-electron chi connectivity index (χ3n) is 3.06. The Bertz CT molecular complexity index is 385. The molecule has 1 saturated heterocycles. The maximum Gasteiger partial charge on any atom is 0.0733 e. The normalized spacial score (nSPS) is 24.5. The van der Waals surface area contributed by atoms with Gasteiger partial charge in [0.05, 0.1) is 6.61 Å². The molecule has 17 heavy (non-hydrogen) atoms. The molecule has 0 amide bonds. The van der Waals surface area contributed by atoms with Crippen LogP contribution in [0.5, 0.6) is 0 Å². The van der Waals surface area contributed by atoms with Crippen LogP contribution in [0.1, 0.15) is 18.4 Å². The molecule has 0 unspecified atom stereocenters. The molecular formula is C13H19NO2S. The molecule has 1 aromatic carbocycles. The molecule has 3 nitrogen and oxygen atoms in total. The van der Waals surface area contributed by atoms with E-state index in [9.17, 15) is 4.21 Å². The molecule has 2 rings (SSSR count). The van der Waals surface area contributed by atoms with Crippen LogP contribution < -0.4 is 5.32 Å². The van der Waals surface area contributed by atoms with Crippen LogP contribution in [0, 0.1) is 0 Å². The van der Waals surface area contributed by atoms with Crippen LogP contribution in [-0.4, -0.2) is 28.9 Å². The van der Waals surface area contributed by atoms with E-state index in [0.717, 1.165) is 30.0 Å². The maximum absolute atomic E-state index is 11.3. The zero-order chi connectivity index (χ0) is 12.1. The summed E-state index contributed by atoms with van der Waals surface area (Å²) in [5.74, 6) is 1.65. The van der Waals surface area contributed by atoms with Gasteiger partial charge in [-0.15, -0.1) is 0 Å². The zero-order valence-electron chi connectivity index (χ0n) is 10.1. The van der Waals surface area contributed by atoms with Gasteiger partial charge in [0, 0.05) is 46.7 Å². The second-order valence-electron chi connectivity index (χ2n) is 4.36. The van der Waals surface area contributed by atoms with E-state index in [1.807, 2.05) is 12.1 Å². The molecule has 0 saturated carbocycles. The van der Waals surface area contributed by atoms with E-state index in [0.29, 0.717) is 12.6 Å². The van der Waals surface area contributed by atoms with Gasteiger partial charge in [-0.3, -0.25) is 4.21 Å². The van der Waals surface area contributed by atoms with Gasteiger partial charge >= 0.3 is 0 Å². The molecule has 1 aliphatic rings. The van der Waals surface area contributed by atoms with Gasteiger partial charge in [0.25, 0.3) is 0 Å². The van der Waals surface area contributed by atoms with E-state index in [-0.39, 0.29) is 0 Å². The molecule has 0 atom stereocenters. The van der Waals surface area contributed by atoms with Crippen molar-refractivity contribution in [2.75, 3.05) is 23.9 Å². The van der Waals surface area contributed by atoms with Crippen molar-refractivity contribution in [1.29, 1.82) is 0 Å². The van der Waals surface area contributed by atoms with Gasteiger partial charge in [-0.05, 0) is 18.9 Å². The Hall–Kier alpha value is -0.870. The summed E-state index contributed by atoms with van der Waals surface area (Å²) in [4.78, 5) is 0. The van der Waals surface area contributed by atoms with Crippen LogP contribution in [0.15, 0.2) is 24.3 Å². The van der Waals surface area contributed by atoms with Crippen molar-refractivity contribution in [3.8, 4) is 0 Å². The second-order valence-corrected chi connectivity index (χ2v) is 6.05. The smallest absolute Gasteiger partial charge is 0.0733 e. The highest BCUT2D eigenvalue weighted by Crippen LogP contribution is 2.20. The summed E-state index contributed by atoms with van der Waals surface area (Å²) < 4.78 is 16.5. The first-order valence-corrected chi connectivity index (χ1v) is 7.47. The van der Waals surface area contributed by atoms with Gasteiger partial charge in [0.15, 0.2) is 0 Å². The lowest BCUT2D eigenvalue weighted by molar-refractivity contribution is 0.185. The molecule has 1 aromatic rings. The molecule has 0 radical (unpaired) electrons. The van der Waals surface area contributed by atoms with Crippen molar-refractivity contribution in [3.63, 3.8) is 0 Å². The highest BCUT2D eigenvalue weighted by molar-refractivity contribution is 7.85. The minimum absolute atomic E-state index is 0.450. The van der Waals surface area contributed by atoms with Crippen molar-refractivity contribution in [2.24, 2.45) is 0 Å². The number of para-hydroxylation sites is 1. The predicted octanol–water partition coefficient (Wildman–Crippen LogP) is 2.16. The average molecular weight is 253 g/mol. The quantitative estimate of drug-likeness (QED) is 0.893. The molecule has 0 aliphatic carbocycles. The van der Waals surface area contributed by atoms with Gasteiger partial charge < -0.3 is 10.1 Å². The Labute approximate surface area is 105 Å². The monoisotopic (exact) mass is 253 g/mol. The molecule has 0 aromatic heterocycles. The summed E-state index contributed by atoms with van der Waals surface area (Å²) in [6.07, 6.45) is 1.99. The zero-order valence-corrected chi connectivity index (χ0v) is 11.0. The first kappa shape index (κ1) is 12.6. The van der Waals surface area contributed by atoms with Gasteiger partial charge in [-0.25, -0.2) is 0 Å². The Kier molecular flexibility index (Phi) is 4.57. The Morgan fingerprint density at radius 2 is 2.06 bits per heavy atom. The number of benzene rings is 1. The van der Waals surface area contributed by atoms with E-state index < -0.39 is 10.8 Å². The highest BCUT2D eigenvalue weighted by atomic mass is 32.2. The van der Waals surface area contributed by atoms with E-state index in [1.165, 1.54) is 5.56 Å². The maximum atomic E-state index is 11.3. The number of nitrogens with one attached hydrogen (secondary N) is 1. The molecule has 1 heterocycles. The van der Waals surface area contributed by atoms with Crippen molar-refractivity contribution >= 4 is 16.5 Å². The standard InChI is InChI=1S/C13H19NO2S/c1-16-10-11-4-2-3-5-13(11)14-12-6-8-17(15)9-7-12/h2-5,12,14H,6-10H2,1H3. The van der Waals surface area contributed by atoms with E-state index in [1.54, 1.807) is 7.11 Å². The topological polar surface area (TPSA) is 38.3 Å². The predicted molar refractivity (Wildman–Crippen MR) is 71.7 cm³/mol. The summed E-state index contributed by atoms with van der Waals surface area (Å²) in [6.45, 7) is 0.627. The summed E-state index contributed by atoms with van der Waals surface area (Å²) in [6, 6.07) is 8.66. The van der Waals surface area contributed by atoms with Gasteiger partial charge in [0.1, 0.15) is 0 Å². The number of rotatable bonds is 4. The molecule has 1 fully saturated rings. The first-order chi connectivity index (χ1) is 8.29. The minimum atomic E-state index is -0.592. The molecule has 1 N–H and O–H groups in total. The lowest BCUT2D eigenvalue weighted by Crippen LogP contribution is -2.29. The number of anilines is 1. The first-order valence-electron chi connectivity index (χ1n) is 5.98. The second kappa shape index (κ2) is 6.17.